The van der Waals surface area contributed by atoms with Gasteiger partial charge in [-0.05, 0) is 54.3 Å². The summed E-state index contributed by atoms with van der Waals surface area (Å²) in [5, 5.41) is 0. The van der Waals surface area contributed by atoms with E-state index >= 15 is 0 Å². The minimum Gasteiger partial charge on any atom is -0.454 e. The Labute approximate surface area is 152 Å². The number of ether oxygens (including phenoxy) is 2. The van der Waals surface area contributed by atoms with Crippen molar-refractivity contribution < 1.29 is 9.47 Å². The third kappa shape index (κ3) is 2.90. The van der Waals surface area contributed by atoms with Gasteiger partial charge in [0.05, 0.1) is 4.95 Å². The zero-order valence-electron chi connectivity index (χ0n) is 12.8. The van der Waals surface area contributed by atoms with Gasteiger partial charge in [0.15, 0.2) is 11.5 Å². The minimum absolute atomic E-state index is 0.314. The van der Waals surface area contributed by atoms with Crippen LogP contribution >= 0.6 is 31.9 Å². The molecule has 120 valence electrons. The largest absolute Gasteiger partial charge is 0.454 e. The summed E-state index contributed by atoms with van der Waals surface area (Å²) in [7, 11) is 0. The molecule has 0 fully saturated rings. The highest BCUT2D eigenvalue weighted by Crippen LogP contribution is 2.43. The van der Waals surface area contributed by atoms with E-state index in [-0.39, 0.29) is 0 Å². The second-order valence-corrected chi connectivity index (χ2v) is 7.99. The molecule has 0 bridgehead atoms. The van der Waals surface area contributed by atoms with E-state index < -0.39 is 0 Å². The quantitative estimate of drug-likeness (QED) is 0.485. The van der Waals surface area contributed by atoms with Crippen molar-refractivity contribution in [1.82, 2.24) is 4.90 Å². The molecule has 0 saturated carbocycles. The number of halogens is 2. The fraction of sp³-hybridized carbons (Fsp3) is 0.333. The van der Waals surface area contributed by atoms with Gasteiger partial charge in [-0.2, -0.15) is 0 Å². The normalized spacial score (nSPS) is 22.9. The average Bonchev–Trinajstić information content (AvgIpc) is 2.99. The first-order valence-electron chi connectivity index (χ1n) is 7.68. The van der Waals surface area contributed by atoms with Crippen LogP contribution in [0.1, 0.15) is 29.7 Å². The molecule has 0 radical (unpaired) electrons. The van der Waals surface area contributed by atoms with Gasteiger partial charge in [0.1, 0.15) is 0 Å². The van der Waals surface area contributed by atoms with Gasteiger partial charge < -0.3 is 9.47 Å². The Morgan fingerprint density at radius 3 is 2.57 bits per heavy atom. The van der Waals surface area contributed by atoms with E-state index in [9.17, 15) is 0 Å². The van der Waals surface area contributed by atoms with Crippen LogP contribution in [0.25, 0.3) is 0 Å². The Bertz CT molecular complexity index is 733. The van der Waals surface area contributed by atoms with Crippen molar-refractivity contribution >= 4 is 31.9 Å². The molecule has 5 heteroatoms. The highest BCUT2D eigenvalue weighted by atomic mass is 79.9. The maximum absolute atomic E-state index is 5.55. The predicted molar refractivity (Wildman–Crippen MR) is 97.1 cm³/mol. The van der Waals surface area contributed by atoms with Crippen molar-refractivity contribution in [3.05, 3.63) is 57.6 Å². The molecule has 2 aromatic rings. The molecule has 3 nitrogen and oxygen atoms in total. The molecular weight excluding hydrogens is 422 g/mol. The lowest BCUT2D eigenvalue weighted by Gasteiger charge is -2.39. The number of alkyl halides is 1. The summed E-state index contributed by atoms with van der Waals surface area (Å²) in [6.07, 6.45) is 0.965. The minimum atomic E-state index is 0.314. The Balaban J connectivity index is 1.63. The van der Waals surface area contributed by atoms with Crippen LogP contribution in [0.2, 0.25) is 0 Å². The summed E-state index contributed by atoms with van der Waals surface area (Å²) in [4.78, 5) is 2.79. The number of fused-ring (bicyclic) bond motifs is 2. The summed E-state index contributed by atoms with van der Waals surface area (Å²) >= 11 is 7.36. The first-order valence-corrected chi connectivity index (χ1v) is 9.39. The van der Waals surface area contributed by atoms with E-state index in [1.165, 1.54) is 16.7 Å². The van der Waals surface area contributed by atoms with E-state index in [2.05, 4.69) is 80.1 Å². The summed E-state index contributed by atoms with van der Waals surface area (Å²) in [6.45, 7) is 3.50. The van der Waals surface area contributed by atoms with E-state index in [4.69, 9.17) is 9.47 Å². The molecule has 0 aromatic heterocycles. The predicted octanol–water partition coefficient (Wildman–Crippen LogP) is 5.02. The standard InChI is InChI=1S/C18H17Br2NO2/c1-11-15-8-17-16(22-10-23-17)6-13(15)7-18(20)21(11)9-12-2-4-14(19)5-3-12/h2-6,8,11,18H,7,9-10H2,1H3. The number of hydrogen-bond acceptors (Lipinski definition) is 3. The molecule has 2 unspecified atom stereocenters. The van der Waals surface area contributed by atoms with Gasteiger partial charge in [0.2, 0.25) is 6.79 Å². The molecule has 0 spiro atoms. The third-order valence-corrected chi connectivity index (χ3v) is 5.99. The number of rotatable bonds is 2. The Hall–Kier alpha value is -1.04. The first-order chi connectivity index (χ1) is 11.1. The van der Waals surface area contributed by atoms with E-state index in [0.29, 0.717) is 17.8 Å². The maximum Gasteiger partial charge on any atom is 0.231 e. The summed E-state index contributed by atoms with van der Waals surface area (Å²) < 4.78 is 12.2. The number of nitrogens with zero attached hydrogens (tertiary/aromatic N) is 1. The molecule has 2 atom stereocenters. The van der Waals surface area contributed by atoms with Crippen LogP contribution in [0.4, 0.5) is 0 Å². The summed E-state index contributed by atoms with van der Waals surface area (Å²) in [6, 6.07) is 13.1. The molecule has 0 aliphatic carbocycles. The van der Waals surface area contributed by atoms with Gasteiger partial charge in [-0.15, -0.1) is 0 Å². The second kappa shape index (κ2) is 6.11. The molecular formula is C18H17Br2NO2. The fourth-order valence-corrected chi connectivity index (χ4v) is 4.43. The zero-order valence-corrected chi connectivity index (χ0v) is 15.9. The van der Waals surface area contributed by atoms with Crippen LogP contribution in [0.5, 0.6) is 11.5 Å². The van der Waals surface area contributed by atoms with Crippen molar-refractivity contribution in [2.45, 2.75) is 30.9 Å². The molecule has 23 heavy (non-hydrogen) atoms. The molecule has 2 heterocycles. The lowest BCUT2D eigenvalue weighted by atomic mass is 9.92. The van der Waals surface area contributed by atoms with E-state index in [0.717, 1.165) is 28.9 Å². The van der Waals surface area contributed by atoms with Crippen LogP contribution in [-0.2, 0) is 13.0 Å². The van der Waals surface area contributed by atoms with Crippen LogP contribution in [0.15, 0.2) is 40.9 Å². The van der Waals surface area contributed by atoms with Crippen LogP contribution in [0, 0.1) is 0 Å². The molecule has 2 aliphatic rings. The monoisotopic (exact) mass is 437 g/mol. The van der Waals surface area contributed by atoms with Gasteiger partial charge in [0, 0.05) is 17.1 Å². The van der Waals surface area contributed by atoms with E-state index in [1.54, 1.807) is 0 Å². The molecule has 0 amide bonds. The van der Waals surface area contributed by atoms with Crippen LogP contribution in [0.3, 0.4) is 0 Å². The summed E-state index contributed by atoms with van der Waals surface area (Å²) in [5.41, 5.74) is 3.99. The summed E-state index contributed by atoms with van der Waals surface area (Å²) in [5.74, 6) is 1.74. The Kier molecular flexibility index (Phi) is 4.12. The fourth-order valence-electron chi connectivity index (χ4n) is 3.32. The third-order valence-electron chi connectivity index (χ3n) is 4.61. The van der Waals surface area contributed by atoms with Gasteiger partial charge in [-0.1, -0.05) is 44.0 Å². The first kappa shape index (κ1) is 15.5. The topological polar surface area (TPSA) is 21.7 Å². The maximum atomic E-state index is 5.55. The molecule has 0 saturated heterocycles. The van der Waals surface area contributed by atoms with Gasteiger partial charge in [-0.25, -0.2) is 0 Å². The Morgan fingerprint density at radius 2 is 1.83 bits per heavy atom. The molecule has 0 N–H and O–H groups in total. The smallest absolute Gasteiger partial charge is 0.231 e. The average molecular weight is 439 g/mol. The Morgan fingerprint density at radius 1 is 1.13 bits per heavy atom. The second-order valence-electron chi connectivity index (χ2n) is 6.02. The zero-order chi connectivity index (χ0) is 16.0. The molecule has 4 rings (SSSR count). The van der Waals surface area contributed by atoms with Gasteiger partial charge >= 0.3 is 0 Å². The van der Waals surface area contributed by atoms with Crippen molar-refractivity contribution in [1.29, 1.82) is 0 Å². The van der Waals surface area contributed by atoms with Gasteiger partial charge in [0.25, 0.3) is 0 Å². The lowest BCUT2D eigenvalue weighted by Crippen LogP contribution is -2.38. The van der Waals surface area contributed by atoms with Gasteiger partial charge in [-0.3, -0.25) is 4.90 Å². The molecule has 2 aromatic carbocycles. The van der Waals surface area contributed by atoms with Crippen molar-refractivity contribution in [3.63, 3.8) is 0 Å². The number of benzene rings is 2. The highest BCUT2D eigenvalue weighted by molar-refractivity contribution is 9.10. The van der Waals surface area contributed by atoms with E-state index in [1.807, 2.05) is 0 Å². The highest BCUT2D eigenvalue weighted by Gasteiger charge is 2.32. The molecule has 2 aliphatic heterocycles. The number of hydrogen-bond donors (Lipinski definition) is 0. The van der Waals surface area contributed by atoms with Crippen LogP contribution in [-0.4, -0.2) is 16.6 Å². The van der Waals surface area contributed by atoms with Crippen LogP contribution < -0.4 is 9.47 Å². The van der Waals surface area contributed by atoms with Crippen molar-refractivity contribution in [3.8, 4) is 11.5 Å². The lowest BCUT2D eigenvalue weighted by molar-refractivity contribution is 0.172. The van der Waals surface area contributed by atoms with Crippen molar-refractivity contribution in [2.24, 2.45) is 0 Å². The van der Waals surface area contributed by atoms with Crippen molar-refractivity contribution in [2.75, 3.05) is 6.79 Å². The SMILES string of the molecule is CC1c2cc3c(cc2CC(Br)N1Cc1ccc(Br)cc1)OCO3.